The first kappa shape index (κ1) is 17.8. The van der Waals surface area contributed by atoms with E-state index in [0.29, 0.717) is 32.6 Å². The molecule has 0 unspecified atom stereocenters. The number of aromatic nitrogens is 3. The molecule has 2 rings (SSSR count). The van der Waals surface area contributed by atoms with Crippen LogP contribution in [0.2, 0.25) is 0 Å². The van der Waals surface area contributed by atoms with Crippen LogP contribution in [0.3, 0.4) is 0 Å². The Balaban J connectivity index is 1.84. The fourth-order valence-corrected chi connectivity index (χ4v) is 4.00. The molecular formula is C13H24N6O3S. The Kier molecular flexibility index (Phi) is 6.08. The van der Waals surface area contributed by atoms with Crippen LogP contribution in [0, 0.1) is 0 Å². The lowest BCUT2D eigenvalue weighted by molar-refractivity contribution is 0.0944. The second kappa shape index (κ2) is 7.84. The lowest BCUT2D eigenvalue weighted by Gasteiger charge is -2.33. The van der Waals surface area contributed by atoms with Crippen LogP contribution in [0.5, 0.6) is 0 Å². The first-order valence-electron chi connectivity index (χ1n) is 7.77. The number of nitrogens with one attached hydrogen (secondary N) is 1. The Morgan fingerprint density at radius 1 is 1.48 bits per heavy atom. The number of rotatable bonds is 7. The van der Waals surface area contributed by atoms with Gasteiger partial charge in [-0.3, -0.25) is 9.48 Å². The Morgan fingerprint density at radius 2 is 2.26 bits per heavy atom. The lowest BCUT2D eigenvalue weighted by Crippen LogP contribution is -2.44. The van der Waals surface area contributed by atoms with E-state index in [9.17, 15) is 13.2 Å². The van der Waals surface area contributed by atoms with E-state index < -0.39 is 10.0 Å². The molecule has 10 heteroatoms. The van der Waals surface area contributed by atoms with Gasteiger partial charge in [0, 0.05) is 25.7 Å². The van der Waals surface area contributed by atoms with Gasteiger partial charge in [0.15, 0.2) is 5.69 Å². The van der Waals surface area contributed by atoms with Gasteiger partial charge < -0.3 is 11.1 Å². The number of hydrogen-bond acceptors (Lipinski definition) is 6. The van der Waals surface area contributed by atoms with Gasteiger partial charge in [0.25, 0.3) is 5.91 Å². The Labute approximate surface area is 136 Å². The fourth-order valence-electron chi connectivity index (χ4n) is 2.79. The molecule has 23 heavy (non-hydrogen) atoms. The first-order valence-corrected chi connectivity index (χ1v) is 9.62. The minimum absolute atomic E-state index is 0.0491. The summed E-state index contributed by atoms with van der Waals surface area (Å²) >= 11 is 0. The average Bonchev–Trinajstić information content (AvgIpc) is 2.96. The summed E-state index contributed by atoms with van der Waals surface area (Å²) < 4.78 is 26.6. The van der Waals surface area contributed by atoms with Crippen molar-refractivity contribution in [2.24, 2.45) is 5.73 Å². The average molecular weight is 344 g/mol. The molecule has 3 N–H and O–H groups in total. The smallest absolute Gasteiger partial charge is 0.273 e. The van der Waals surface area contributed by atoms with Gasteiger partial charge in [-0.05, 0) is 19.3 Å². The maximum Gasteiger partial charge on any atom is 0.273 e. The molecule has 0 saturated carbocycles. The van der Waals surface area contributed by atoms with E-state index in [0.717, 1.165) is 19.3 Å². The Hall–Kier alpha value is -1.52. The highest BCUT2D eigenvalue weighted by atomic mass is 32.2. The minimum atomic E-state index is -3.20. The topological polar surface area (TPSA) is 123 Å². The predicted molar refractivity (Wildman–Crippen MR) is 85.2 cm³/mol. The summed E-state index contributed by atoms with van der Waals surface area (Å²) in [5, 5.41) is 10.4. The summed E-state index contributed by atoms with van der Waals surface area (Å²) in [4.78, 5) is 12.0. The van der Waals surface area contributed by atoms with Crippen molar-refractivity contribution in [3.63, 3.8) is 0 Å². The van der Waals surface area contributed by atoms with E-state index in [4.69, 9.17) is 5.73 Å². The quantitative estimate of drug-likeness (QED) is 0.665. The van der Waals surface area contributed by atoms with Crippen LogP contribution in [0.1, 0.15) is 36.2 Å². The third-order valence-corrected chi connectivity index (χ3v) is 5.22. The van der Waals surface area contributed by atoms with E-state index >= 15 is 0 Å². The molecule has 2 heterocycles. The van der Waals surface area contributed by atoms with Gasteiger partial charge in [0.1, 0.15) is 0 Å². The highest BCUT2D eigenvalue weighted by Crippen LogP contribution is 2.21. The van der Waals surface area contributed by atoms with Crippen LogP contribution in [0.15, 0.2) is 6.20 Å². The zero-order valence-electron chi connectivity index (χ0n) is 13.3. The molecule has 1 fully saturated rings. The van der Waals surface area contributed by atoms with Gasteiger partial charge in [-0.15, -0.1) is 5.10 Å². The van der Waals surface area contributed by atoms with Crippen molar-refractivity contribution >= 4 is 15.9 Å². The SMILES string of the molecule is CS(=O)(=O)N1CCCC[C@H]1CCNC(=O)c1cn(CCN)nn1. The molecule has 0 aliphatic carbocycles. The molecule has 1 aliphatic rings. The standard InChI is InChI=1S/C13H24N6O3S/c1-23(21,22)19-8-3-2-4-11(19)5-7-15-13(20)12-10-18(9-6-14)17-16-12/h10-11H,2-9,14H2,1H3,(H,15,20)/t11-/m0/s1. The van der Waals surface area contributed by atoms with E-state index in [1.165, 1.54) is 10.9 Å². The zero-order chi connectivity index (χ0) is 16.9. The largest absolute Gasteiger partial charge is 0.351 e. The number of piperidine rings is 1. The van der Waals surface area contributed by atoms with Gasteiger partial charge in [-0.2, -0.15) is 4.31 Å². The number of sulfonamides is 1. The van der Waals surface area contributed by atoms with Crippen molar-refractivity contribution in [1.29, 1.82) is 0 Å². The third kappa shape index (κ3) is 4.98. The zero-order valence-corrected chi connectivity index (χ0v) is 14.1. The molecule has 9 nitrogen and oxygen atoms in total. The fraction of sp³-hybridized carbons (Fsp3) is 0.769. The van der Waals surface area contributed by atoms with Crippen molar-refractivity contribution in [2.75, 3.05) is 25.9 Å². The summed E-state index contributed by atoms with van der Waals surface area (Å²) in [5.74, 6) is -0.310. The van der Waals surface area contributed by atoms with Crippen molar-refractivity contribution in [2.45, 2.75) is 38.3 Å². The number of carbonyl (C=O) groups excluding carboxylic acids is 1. The van der Waals surface area contributed by atoms with Gasteiger partial charge in [0.05, 0.1) is 19.0 Å². The summed E-state index contributed by atoms with van der Waals surface area (Å²) in [6, 6.07) is -0.0491. The van der Waals surface area contributed by atoms with Gasteiger partial charge in [-0.25, -0.2) is 8.42 Å². The first-order chi connectivity index (χ1) is 10.9. The van der Waals surface area contributed by atoms with Crippen LogP contribution in [-0.2, 0) is 16.6 Å². The molecule has 0 radical (unpaired) electrons. The van der Waals surface area contributed by atoms with E-state index in [2.05, 4.69) is 15.6 Å². The molecule has 1 amide bonds. The molecule has 1 atom stereocenters. The number of nitrogens with zero attached hydrogens (tertiary/aromatic N) is 4. The minimum Gasteiger partial charge on any atom is -0.351 e. The lowest BCUT2D eigenvalue weighted by atomic mass is 10.0. The van der Waals surface area contributed by atoms with Crippen molar-refractivity contribution in [3.05, 3.63) is 11.9 Å². The molecule has 1 aromatic rings. The van der Waals surface area contributed by atoms with E-state index in [-0.39, 0.29) is 17.6 Å². The molecule has 0 aromatic carbocycles. The molecule has 1 saturated heterocycles. The normalized spacial score (nSPS) is 19.7. The number of carbonyl (C=O) groups is 1. The third-order valence-electron chi connectivity index (χ3n) is 3.89. The summed E-state index contributed by atoms with van der Waals surface area (Å²) in [7, 11) is -3.20. The second-order valence-corrected chi connectivity index (χ2v) is 7.66. The summed E-state index contributed by atoms with van der Waals surface area (Å²) in [5.41, 5.74) is 5.65. The van der Waals surface area contributed by atoms with Crippen molar-refractivity contribution in [1.82, 2.24) is 24.6 Å². The highest BCUT2D eigenvalue weighted by Gasteiger charge is 2.28. The number of nitrogens with two attached hydrogens (primary N) is 1. The Morgan fingerprint density at radius 3 is 2.96 bits per heavy atom. The molecule has 0 spiro atoms. The number of amides is 1. The van der Waals surface area contributed by atoms with Crippen LogP contribution in [-0.4, -0.2) is 65.6 Å². The molecular weight excluding hydrogens is 320 g/mol. The maximum absolute atomic E-state index is 12.0. The highest BCUT2D eigenvalue weighted by molar-refractivity contribution is 7.88. The summed E-state index contributed by atoms with van der Waals surface area (Å²) in [6.07, 6.45) is 6.11. The van der Waals surface area contributed by atoms with E-state index in [1.807, 2.05) is 0 Å². The molecule has 1 aromatic heterocycles. The van der Waals surface area contributed by atoms with Gasteiger partial charge in [0.2, 0.25) is 10.0 Å². The Bertz CT molecular complexity index is 629. The second-order valence-electron chi connectivity index (χ2n) is 5.72. The van der Waals surface area contributed by atoms with Gasteiger partial charge >= 0.3 is 0 Å². The molecule has 1 aliphatic heterocycles. The van der Waals surface area contributed by atoms with Crippen LogP contribution in [0.25, 0.3) is 0 Å². The number of hydrogen-bond donors (Lipinski definition) is 2. The predicted octanol–water partition coefficient (Wildman–Crippen LogP) is -0.829. The summed E-state index contributed by atoms with van der Waals surface area (Å²) in [6.45, 7) is 1.89. The van der Waals surface area contributed by atoms with Crippen molar-refractivity contribution < 1.29 is 13.2 Å². The monoisotopic (exact) mass is 344 g/mol. The molecule has 0 bridgehead atoms. The van der Waals surface area contributed by atoms with Crippen LogP contribution in [0.4, 0.5) is 0 Å². The maximum atomic E-state index is 12.0. The van der Waals surface area contributed by atoms with E-state index in [1.54, 1.807) is 10.5 Å². The van der Waals surface area contributed by atoms with Crippen molar-refractivity contribution in [3.8, 4) is 0 Å². The van der Waals surface area contributed by atoms with Crippen LogP contribution < -0.4 is 11.1 Å². The molecule has 130 valence electrons. The van der Waals surface area contributed by atoms with Crippen LogP contribution >= 0.6 is 0 Å². The van der Waals surface area contributed by atoms with Gasteiger partial charge in [-0.1, -0.05) is 11.6 Å².